The van der Waals surface area contributed by atoms with E-state index in [1.165, 1.54) is 38.5 Å². The van der Waals surface area contributed by atoms with E-state index in [4.69, 9.17) is 4.74 Å². The van der Waals surface area contributed by atoms with Gasteiger partial charge in [-0.25, -0.2) is 0 Å². The number of hydrogen-bond acceptors (Lipinski definition) is 4. The van der Waals surface area contributed by atoms with Crippen molar-refractivity contribution in [3.8, 4) is 0 Å². The number of allylic oxidation sites excluding steroid dienone is 2. The summed E-state index contributed by atoms with van der Waals surface area (Å²) >= 11 is 1.72. The summed E-state index contributed by atoms with van der Waals surface area (Å²) in [6.07, 6.45) is 12.3. The molecule has 0 bridgehead atoms. The van der Waals surface area contributed by atoms with E-state index in [1.807, 2.05) is 40.7 Å². The first-order chi connectivity index (χ1) is 14.9. The number of aliphatic hydroxyl groups excluding tert-OH is 1. The molecule has 1 heterocycles. The number of unbranched alkanes of at least 4 members (excludes halogenated alkanes) is 1. The molecule has 0 aromatic heterocycles. The summed E-state index contributed by atoms with van der Waals surface area (Å²) < 4.78 is 4.88. The van der Waals surface area contributed by atoms with Crippen LogP contribution in [0, 0.1) is 11.3 Å². The topological polar surface area (TPSA) is 58.6 Å². The molecule has 4 nitrogen and oxygen atoms in total. The number of ether oxygens (including phenoxy) is 1. The summed E-state index contributed by atoms with van der Waals surface area (Å²) in [5, 5.41) is 13.3. The van der Waals surface area contributed by atoms with Crippen LogP contribution in [-0.2, 0) is 9.53 Å². The van der Waals surface area contributed by atoms with Crippen molar-refractivity contribution in [3.05, 3.63) is 23.9 Å². The third-order valence-electron chi connectivity index (χ3n) is 6.94. The second-order valence-corrected chi connectivity index (χ2v) is 12.5. The molecule has 1 saturated carbocycles. The Balaban J connectivity index is 0.000000533. The van der Waals surface area contributed by atoms with E-state index in [1.54, 1.807) is 18.7 Å². The van der Waals surface area contributed by atoms with E-state index in [-0.39, 0.29) is 5.91 Å². The molecule has 0 radical (unpaired) electrons. The van der Waals surface area contributed by atoms with Crippen LogP contribution in [0.2, 0.25) is 0 Å². The second-order valence-electron chi connectivity index (χ2n) is 10.6. The maximum Gasteiger partial charge on any atom is 0.239 e. The molecule has 2 rings (SSSR count). The van der Waals surface area contributed by atoms with Crippen LogP contribution >= 0.6 is 11.8 Å². The van der Waals surface area contributed by atoms with Crippen molar-refractivity contribution >= 4 is 17.7 Å². The Morgan fingerprint density at radius 3 is 2.28 bits per heavy atom. The first-order valence-corrected chi connectivity index (χ1v) is 13.4. The van der Waals surface area contributed by atoms with Gasteiger partial charge < -0.3 is 15.2 Å². The summed E-state index contributed by atoms with van der Waals surface area (Å²) in [6.45, 7) is 19.3. The van der Waals surface area contributed by atoms with Crippen molar-refractivity contribution in [2.24, 2.45) is 11.3 Å². The molecule has 0 aromatic carbocycles. The summed E-state index contributed by atoms with van der Waals surface area (Å²) in [4.78, 5) is 12.6. The van der Waals surface area contributed by atoms with Crippen molar-refractivity contribution < 1.29 is 14.6 Å². The lowest BCUT2D eigenvalue weighted by Crippen LogP contribution is -2.41. The molecule has 2 aliphatic rings. The van der Waals surface area contributed by atoms with E-state index in [2.05, 4.69) is 18.8 Å². The van der Waals surface area contributed by atoms with Gasteiger partial charge in [-0.15, -0.1) is 11.8 Å². The van der Waals surface area contributed by atoms with Crippen molar-refractivity contribution in [1.82, 2.24) is 5.32 Å². The molecule has 1 saturated heterocycles. The molecule has 1 aliphatic carbocycles. The third-order valence-corrected chi connectivity index (χ3v) is 8.52. The lowest BCUT2D eigenvalue weighted by molar-refractivity contribution is -0.121. The highest BCUT2D eigenvalue weighted by Gasteiger charge is 2.33. The third kappa shape index (κ3) is 10.0. The minimum atomic E-state index is -0.509. The van der Waals surface area contributed by atoms with Crippen molar-refractivity contribution in [1.29, 1.82) is 0 Å². The Morgan fingerprint density at radius 1 is 1.22 bits per heavy atom. The fourth-order valence-electron chi connectivity index (χ4n) is 3.62. The maximum absolute atomic E-state index is 12.6. The van der Waals surface area contributed by atoms with Crippen molar-refractivity contribution in [2.75, 3.05) is 13.2 Å². The first kappa shape index (κ1) is 29.3. The Hall–Kier alpha value is -0.780. The zero-order valence-electron chi connectivity index (χ0n) is 21.8. The van der Waals surface area contributed by atoms with Crippen LogP contribution in [0.1, 0.15) is 99.8 Å². The lowest BCUT2D eigenvalue weighted by atomic mass is 9.80. The van der Waals surface area contributed by atoms with E-state index in [0.29, 0.717) is 5.25 Å². The molecule has 2 N–H and O–H groups in total. The van der Waals surface area contributed by atoms with Crippen LogP contribution in [0.25, 0.3) is 0 Å². The minimum absolute atomic E-state index is 0.00426. The SMILES string of the molecule is C=C(/C=C(\C)NC(=O)C(C)(C)SC1CCOCC1)C(C)(C)C(C)O.CCCCC1CCC1. The van der Waals surface area contributed by atoms with Gasteiger partial charge in [0.2, 0.25) is 5.91 Å². The number of thioether (sulfide) groups is 1. The highest BCUT2D eigenvalue weighted by atomic mass is 32.2. The molecular weight excluding hydrogens is 418 g/mol. The van der Waals surface area contributed by atoms with Gasteiger partial charge in [-0.1, -0.05) is 65.9 Å². The van der Waals surface area contributed by atoms with Crippen LogP contribution in [0.15, 0.2) is 23.9 Å². The van der Waals surface area contributed by atoms with Gasteiger partial charge in [-0.2, -0.15) is 0 Å². The zero-order chi connectivity index (χ0) is 24.4. The molecule has 5 heteroatoms. The highest BCUT2D eigenvalue weighted by molar-refractivity contribution is 8.01. The molecule has 32 heavy (non-hydrogen) atoms. The van der Waals surface area contributed by atoms with Gasteiger partial charge in [0.25, 0.3) is 0 Å². The molecule has 1 atom stereocenters. The number of carbonyl (C=O) groups is 1. The molecule has 1 aliphatic heterocycles. The number of aliphatic hydroxyl groups is 1. The van der Waals surface area contributed by atoms with Gasteiger partial charge in [0.05, 0.1) is 10.9 Å². The van der Waals surface area contributed by atoms with E-state index >= 15 is 0 Å². The fraction of sp³-hybridized carbons (Fsp3) is 0.815. The number of rotatable bonds is 10. The van der Waals surface area contributed by atoms with Crippen LogP contribution in [-0.4, -0.2) is 40.3 Å². The van der Waals surface area contributed by atoms with Gasteiger partial charge in [0, 0.05) is 29.6 Å². The van der Waals surface area contributed by atoms with Gasteiger partial charge in [-0.05, 0) is 58.1 Å². The predicted molar refractivity (Wildman–Crippen MR) is 139 cm³/mol. The summed E-state index contributed by atoms with van der Waals surface area (Å²) in [5.41, 5.74) is 1.11. The first-order valence-electron chi connectivity index (χ1n) is 12.5. The smallest absolute Gasteiger partial charge is 0.239 e. The Morgan fingerprint density at radius 2 is 1.81 bits per heavy atom. The predicted octanol–water partition coefficient (Wildman–Crippen LogP) is 6.64. The van der Waals surface area contributed by atoms with E-state index in [0.717, 1.165) is 43.2 Å². The number of carbonyl (C=O) groups excluding carboxylic acids is 1. The quantitative estimate of drug-likeness (QED) is 0.354. The van der Waals surface area contributed by atoms with Crippen molar-refractivity contribution in [3.63, 3.8) is 0 Å². The molecule has 1 unspecified atom stereocenters. The normalized spacial score (nSPS) is 19.4. The zero-order valence-corrected chi connectivity index (χ0v) is 22.6. The number of hydrogen-bond donors (Lipinski definition) is 2. The minimum Gasteiger partial charge on any atom is -0.393 e. The molecule has 0 spiro atoms. The molecule has 2 fully saturated rings. The monoisotopic (exact) mass is 467 g/mol. The fourth-order valence-corrected chi connectivity index (χ4v) is 5.04. The van der Waals surface area contributed by atoms with Crippen LogP contribution in [0.5, 0.6) is 0 Å². The van der Waals surface area contributed by atoms with Gasteiger partial charge in [0.1, 0.15) is 0 Å². The average molecular weight is 468 g/mol. The molecule has 186 valence electrons. The van der Waals surface area contributed by atoms with E-state index < -0.39 is 16.3 Å². The van der Waals surface area contributed by atoms with Crippen molar-refractivity contribution in [2.45, 2.75) is 116 Å². The van der Waals surface area contributed by atoms with Crippen LogP contribution in [0.4, 0.5) is 0 Å². The Labute approximate surface area is 202 Å². The van der Waals surface area contributed by atoms with E-state index in [9.17, 15) is 9.90 Å². The maximum atomic E-state index is 12.6. The van der Waals surface area contributed by atoms with Crippen LogP contribution < -0.4 is 5.32 Å². The summed E-state index contributed by atoms with van der Waals surface area (Å²) in [5.74, 6) is 1.13. The number of amides is 1. The van der Waals surface area contributed by atoms with Gasteiger partial charge in [0.15, 0.2) is 0 Å². The van der Waals surface area contributed by atoms with Gasteiger partial charge >= 0.3 is 0 Å². The molecule has 1 amide bonds. The lowest BCUT2D eigenvalue weighted by Gasteiger charge is -2.31. The number of nitrogens with one attached hydrogen (secondary N) is 1. The second kappa shape index (κ2) is 13.8. The summed E-state index contributed by atoms with van der Waals surface area (Å²) in [7, 11) is 0. The largest absolute Gasteiger partial charge is 0.393 e. The summed E-state index contributed by atoms with van der Waals surface area (Å²) in [6, 6.07) is 0. The van der Waals surface area contributed by atoms with Crippen LogP contribution in [0.3, 0.4) is 0 Å². The Kier molecular flexibility index (Phi) is 12.6. The van der Waals surface area contributed by atoms with Gasteiger partial charge in [-0.3, -0.25) is 4.79 Å². The molecule has 0 aromatic rings. The Bertz CT molecular complexity index is 614. The molecular formula is C27H49NO3S. The highest BCUT2D eigenvalue weighted by Crippen LogP contribution is 2.35. The average Bonchev–Trinajstić information content (AvgIpc) is 2.67. The standard InChI is InChI=1S/C19H33NO3S.C8H16/c1-13(18(4,5)15(3)21)12-14(2)20-17(22)19(6,7)24-16-8-10-23-11-9-16;1-2-3-5-8-6-4-7-8/h12,15-16,21H,1,8-11H2,2-7H3,(H,20,22);8H,2-7H2,1H3/b14-12+;.